The zero-order valence-corrected chi connectivity index (χ0v) is 15.0. The number of aromatic nitrogens is 1. The van der Waals surface area contributed by atoms with Crippen LogP contribution in [-0.2, 0) is 9.59 Å². The van der Waals surface area contributed by atoms with Crippen molar-refractivity contribution in [2.24, 2.45) is 10.8 Å². The third-order valence-electron chi connectivity index (χ3n) is 6.41. The first kappa shape index (κ1) is 17.0. The molecule has 1 aromatic rings. The van der Waals surface area contributed by atoms with Gasteiger partial charge < -0.3 is 9.80 Å². The molecule has 1 saturated carbocycles. The van der Waals surface area contributed by atoms with Gasteiger partial charge in [0.25, 0.3) is 0 Å². The van der Waals surface area contributed by atoms with E-state index >= 15 is 0 Å². The van der Waals surface area contributed by atoms with Gasteiger partial charge in [0, 0.05) is 25.8 Å². The van der Waals surface area contributed by atoms with E-state index in [1.807, 2.05) is 17.0 Å². The molecule has 1 aromatic heterocycles. The van der Waals surface area contributed by atoms with Crippen LogP contribution in [0, 0.1) is 22.2 Å². The first-order valence-electron chi connectivity index (χ1n) is 9.53. The number of anilines is 1. The first-order chi connectivity index (χ1) is 12.6. The molecule has 26 heavy (non-hydrogen) atoms. The van der Waals surface area contributed by atoms with Crippen molar-refractivity contribution in [3.05, 3.63) is 24.5 Å². The molecule has 2 amide bonds. The van der Waals surface area contributed by atoms with Gasteiger partial charge in [-0.1, -0.05) is 12.8 Å². The summed E-state index contributed by atoms with van der Waals surface area (Å²) >= 11 is 0. The van der Waals surface area contributed by atoms with Crippen molar-refractivity contribution in [3.63, 3.8) is 0 Å². The number of pyridine rings is 1. The fourth-order valence-electron chi connectivity index (χ4n) is 4.92. The summed E-state index contributed by atoms with van der Waals surface area (Å²) in [4.78, 5) is 34.1. The van der Waals surface area contributed by atoms with Gasteiger partial charge >= 0.3 is 0 Å². The van der Waals surface area contributed by atoms with E-state index in [1.54, 1.807) is 17.3 Å². The highest BCUT2D eigenvalue weighted by atomic mass is 16.2. The summed E-state index contributed by atoms with van der Waals surface area (Å²) in [6.07, 6.45) is 8.98. The van der Waals surface area contributed by atoms with Gasteiger partial charge in [0.1, 0.15) is 5.41 Å². The molecular formula is C20H24N4O2. The number of hydrogen-bond acceptors (Lipinski definition) is 4. The van der Waals surface area contributed by atoms with Crippen molar-refractivity contribution < 1.29 is 9.59 Å². The molecule has 4 rings (SSSR count). The van der Waals surface area contributed by atoms with Gasteiger partial charge in [-0.2, -0.15) is 5.26 Å². The second kappa shape index (κ2) is 6.39. The van der Waals surface area contributed by atoms with Crippen molar-refractivity contribution in [1.82, 2.24) is 9.88 Å². The Morgan fingerprint density at radius 1 is 1.15 bits per heavy atom. The van der Waals surface area contributed by atoms with E-state index in [9.17, 15) is 14.9 Å². The standard InChI is InChI=1S/C20H24N4O2/c21-14-19(6-1-2-7-19)17(25)23-11-4-8-20(15-23)9-12-24(18(20)26)16-5-3-10-22-13-16/h3,5,10,13H,1-2,4,6-9,11-12,15H2. The molecule has 1 spiro atoms. The Kier molecular flexibility index (Phi) is 4.18. The smallest absolute Gasteiger partial charge is 0.243 e. The number of likely N-dealkylation sites (tertiary alicyclic amines) is 1. The number of amides is 2. The van der Waals surface area contributed by atoms with Crippen LogP contribution in [0.1, 0.15) is 44.9 Å². The summed E-state index contributed by atoms with van der Waals surface area (Å²) < 4.78 is 0. The Morgan fingerprint density at radius 3 is 2.65 bits per heavy atom. The van der Waals surface area contributed by atoms with E-state index in [-0.39, 0.29) is 11.8 Å². The van der Waals surface area contributed by atoms with E-state index in [4.69, 9.17) is 0 Å². The Hall–Kier alpha value is -2.42. The van der Waals surface area contributed by atoms with Gasteiger partial charge in [0.2, 0.25) is 11.8 Å². The highest BCUT2D eigenvalue weighted by Gasteiger charge is 2.52. The van der Waals surface area contributed by atoms with Crippen LogP contribution < -0.4 is 4.90 Å². The molecule has 0 N–H and O–H groups in total. The molecule has 1 atom stereocenters. The lowest BCUT2D eigenvalue weighted by Gasteiger charge is -2.41. The van der Waals surface area contributed by atoms with Gasteiger partial charge in [-0.05, 0) is 44.2 Å². The Bertz CT molecular complexity index is 751. The van der Waals surface area contributed by atoms with Crippen LogP contribution in [-0.4, -0.2) is 41.3 Å². The lowest BCUT2D eigenvalue weighted by molar-refractivity contribution is -0.144. The largest absolute Gasteiger partial charge is 0.340 e. The van der Waals surface area contributed by atoms with Gasteiger partial charge in [-0.3, -0.25) is 14.6 Å². The SMILES string of the molecule is N#CC1(C(=O)N2CCCC3(CCN(c4cccnc4)C3=O)C2)CCCC1. The van der Waals surface area contributed by atoms with Gasteiger partial charge in [-0.15, -0.1) is 0 Å². The number of nitriles is 1. The second-order valence-corrected chi connectivity index (χ2v) is 7.93. The van der Waals surface area contributed by atoms with E-state index in [2.05, 4.69) is 11.1 Å². The summed E-state index contributed by atoms with van der Waals surface area (Å²) in [7, 11) is 0. The number of carbonyl (C=O) groups excluding carboxylic acids is 2. The highest BCUT2D eigenvalue weighted by Crippen LogP contribution is 2.45. The molecule has 2 saturated heterocycles. The topological polar surface area (TPSA) is 77.3 Å². The van der Waals surface area contributed by atoms with Crippen LogP contribution >= 0.6 is 0 Å². The fourth-order valence-corrected chi connectivity index (χ4v) is 4.92. The molecule has 3 aliphatic rings. The number of nitrogens with zero attached hydrogens (tertiary/aromatic N) is 4. The Morgan fingerprint density at radius 2 is 1.96 bits per heavy atom. The fraction of sp³-hybridized carbons (Fsp3) is 0.600. The van der Waals surface area contributed by atoms with E-state index in [0.717, 1.165) is 37.8 Å². The molecule has 3 heterocycles. The van der Waals surface area contributed by atoms with Crippen molar-refractivity contribution in [3.8, 4) is 6.07 Å². The minimum Gasteiger partial charge on any atom is -0.340 e. The van der Waals surface area contributed by atoms with Crippen LogP contribution in [0.5, 0.6) is 0 Å². The van der Waals surface area contributed by atoms with Gasteiger partial charge in [0.15, 0.2) is 0 Å². The maximum Gasteiger partial charge on any atom is 0.243 e. The number of rotatable bonds is 2. The minimum absolute atomic E-state index is 0.0517. The molecular weight excluding hydrogens is 328 g/mol. The van der Waals surface area contributed by atoms with Gasteiger partial charge in [-0.25, -0.2) is 0 Å². The molecule has 3 fully saturated rings. The molecule has 6 nitrogen and oxygen atoms in total. The van der Waals surface area contributed by atoms with Crippen molar-refractivity contribution in [2.45, 2.75) is 44.9 Å². The highest BCUT2D eigenvalue weighted by molar-refractivity contribution is 6.00. The number of piperidine rings is 1. The maximum atomic E-state index is 13.2. The molecule has 0 bridgehead atoms. The number of carbonyl (C=O) groups is 2. The zero-order chi connectivity index (χ0) is 18.2. The third kappa shape index (κ3) is 2.57. The molecule has 0 aromatic carbocycles. The minimum atomic E-state index is -0.858. The quantitative estimate of drug-likeness (QED) is 0.819. The van der Waals surface area contributed by atoms with Crippen LogP contribution in [0.3, 0.4) is 0 Å². The number of hydrogen-bond donors (Lipinski definition) is 0. The Balaban J connectivity index is 1.54. The van der Waals surface area contributed by atoms with Crippen molar-refractivity contribution in [2.75, 3.05) is 24.5 Å². The van der Waals surface area contributed by atoms with Crippen LogP contribution in [0.15, 0.2) is 24.5 Å². The van der Waals surface area contributed by atoms with E-state index in [1.165, 1.54) is 0 Å². The van der Waals surface area contributed by atoms with E-state index in [0.29, 0.717) is 32.5 Å². The maximum absolute atomic E-state index is 13.2. The molecule has 2 aliphatic heterocycles. The van der Waals surface area contributed by atoms with E-state index < -0.39 is 10.8 Å². The predicted octanol–water partition coefficient (Wildman–Crippen LogP) is 2.51. The molecule has 136 valence electrons. The lowest BCUT2D eigenvalue weighted by atomic mass is 9.77. The molecule has 0 radical (unpaired) electrons. The zero-order valence-electron chi connectivity index (χ0n) is 15.0. The lowest BCUT2D eigenvalue weighted by Crippen LogP contribution is -2.53. The third-order valence-corrected chi connectivity index (χ3v) is 6.41. The summed E-state index contributed by atoms with van der Waals surface area (Å²) in [5, 5.41) is 9.64. The normalized spacial score (nSPS) is 27.7. The summed E-state index contributed by atoms with van der Waals surface area (Å²) in [6, 6.07) is 6.04. The monoisotopic (exact) mass is 352 g/mol. The average Bonchev–Trinajstić information content (AvgIpc) is 3.29. The summed E-state index contributed by atoms with van der Waals surface area (Å²) in [6.45, 7) is 1.77. The predicted molar refractivity (Wildman–Crippen MR) is 96.0 cm³/mol. The second-order valence-electron chi connectivity index (χ2n) is 7.93. The van der Waals surface area contributed by atoms with Gasteiger partial charge in [0.05, 0.1) is 23.4 Å². The average molecular weight is 352 g/mol. The summed E-state index contributed by atoms with van der Waals surface area (Å²) in [5.41, 5.74) is -0.538. The molecule has 1 aliphatic carbocycles. The van der Waals surface area contributed by atoms with Crippen LogP contribution in [0.25, 0.3) is 0 Å². The van der Waals surface area contributed by atoms with Crippen LogP contribution in [0.4, 0.5) is 5.69 Å². The molecule has 6 heteroatoms. The van der Waals surface area contributed by atoms with Crippen LogP contribution in [0.2, 0.25) is 0 Å². The molecule has 1 unspecified atom stereocenters. The first-order valence-corrected chi connectivity index (χ1v) is 9.53. The summed E-state index contributed by atoms with van der Waals surface area (Å²) in [5.74, 6) is 0.0460. The van der Waals surface area contributed by atoms with Crippen molar-refractivity contribution in [1.29, 1.82) is 5.26 Å². The Labute approximate surface area is 153 Å². The van der Waals surface area contributed by atoms with Crippen molar-refractivity contribution >= 4 is 17.5 Å².